The second-order valence-electron chi connectivity index (χ2n) is 4.35. The molecule has 0 amide bonds. The summed E-state index contributed by atoms with van der Waals surface area (Å²) in [4.78, 5) is 4.70. The van der Waals surface area contributed by atoms with Gasteiger partial charge in [-0.25, -0.2) is 4.98 Å². The summed E-state index contributed by atoms with van der Waals surface area (Å²) in [5.41, 5.74) is 2.76. The molecule has 0 spiro atoms. The Hall–Kier alpha value is -1.47. The van der Waals surface area contributed by atoms with Gasteiger partial charge in [-0.2, -0.15) is 17.0 Å². The monoisotopic (exact) mass is 243 g/mol. The lowest BCUT2D eigenvalue weighted by molar-refractivity contribution is 0.737. The fraction of sp³-hybridized carbons (Fsp3) is 0.385. The van der Waals surface area contributed by atoms with Crippen LogP contribution in [-0.2, 0) is 7.05 Å². The molecule has 17 heavy (non-hydrogen) atoms. The molecule has 0 N–H and O–H groups in total. The van der Waals surface area contributed by atoms with E-state index in [0.717, 1.165) is 16.9 Å². The first-order valence-corrected chi connectivity index (χ1v) is 6.82. The Kier molecular flexibility index (Phi) is 2.56. The first kappa shape index (κ1) is 10.7. The van der Waals surface area contributed by atoms with E-state index in [2.05, 4.69) is 10.6 Å². The van der Waals surface area contributed by atoms with Crippen molar-refractivity contribution in [3.05, 3.63) is 29.6 Å². The Labute approximate surface area is 104 Å². The summed E-state index contributed by atoms with van der Waals surface area (Å²) < 4.78 is 2.14. The van der Waals surface area contributed by atoms with Crippen LogP contribution in [0.25, 0.3) is 11.0 Å². The van der Waals surface area contributed by atoms with E-state index in [1.54, 1.807) is 0 Å². The number of nitrogens with zero attached hydrogens (tertiary/aromatic N) is 3. The summed E-state index contributed by atoms with van der Waals surface area (Å²) in [5, 5.41) is 9.45. The number of benzene rings is 1. The summed E-state index contributed by atoms with van der Waals surface area (Å²) in [6.45, 7) is 0. The third kappa shape index (κ3) is 1.71. The molecule has 0 aliphatic carbocycles. The van der Waals surface area contributed by atoms with Crippen LogP contribution in [0.15, 0.2) is 18.2 Å². The third-order valence-electron chi connectivity index (χ3n) is 3.26. The molecule has 2 aromatic rings. The van der Waals surface area contributed by atoms with Crippen LogP contribution in [0, 0.1) is 11.3 Å². The van der Waals surface area contributed by atoms with Crippen molar-refractivity contribution in [3.63, 3.8) is 0 Å². The smallest absolute Gasteiger partial charge is 0.122 e. The number of nitriles is 1. The number of hydrogen-bond donors (Lipinski definition) is 0. The first-order valence-electron chi connectivity index (χ1n) is 5.77. The minimum Gasteiger partial charge on any atom is -0.330 e. The predicted molar refractivity (Wildman–Crippen MR) is 69.9 cm³/mol. The maximum absolute atomic E-state index is 8.92. The van der Waals surface area contributed by atoms with E-state index in [1.807, 2.05) is 37.0 Å². The van der Waals surface area contributed by atoms with Gasteiger partial charge in [0.25, 0.3) is 0 Å². The summed E-state index contributed by atoms with van der Waals surface area (Å²) in [6.07, 6.45) is 2.49. The van der Waals surface area contributed by atoms with Crippen molar-refractivity contribution in [2.24, 2.45) is 7.05 Å². The van der Waals surface area contributed by atoms with Gasteiger partial charge >= 0.3 is 0 Å². The van der Waals surface area contributed by atoms with Crippen LogP contribution in [-0.4, -0.2) is 15.3 Å². The molecule has 1 aliphatic heterocycles. The second kappa shape index (κ2) is 4.08. The number of rotatable bonds is 1. The van der Waals surface area contributed by atoms with Crippen LogP contribution in [0.1, 0.15) is 29.5 Å². The van der Waals surface area contributed by atoms with Crippen molar-refractivity contribution in [3.8, 4) is 6.07 Å². The van der Waals surface area contributed by atoms with E-state index >= 15 is 0 Å². The molecule has 2 heterocycles. The van der Waals surface area contributed by atoms with Crippen LogP contribution in [0.4, 0.5) is 0 Å². The number of thioether (sulfide) groups is 1. The van der Waals surface area contributed by atoms with Gasteiger partial charge in [-0.15, -0.1) is 0 Å². The van der Waals surface area contributed by atoms with Gasteiger partial charge in [0.1, 0.15) is 5.82 Å². The van der Waals surface area contributed by atoms with E-state index in [0.29, 0.717) is 10.8 Å². The van der Waals surface area contributed by atoms with E-state index in [1.165, 1.54) is 18.6 Å². The molecule has 0 saturated carbocycles. The maximum Gasteiger partial charge on any atom is 0.122 e. The number of imidazole rings is 1. The predicted octanol–water partition coefficient (Wildman–Crippen LogP) is 3.01. The molecule has 1 atom stereocenters. The Morgan fingerprint density at radius 3 is 3.12 bits per heavy atom. The summed E-state index contributed by atoms with van der Waals surface area (Å²) in [7, 11) is 2.05. The molecule has 1 unspecified atom stereocenters. The Morgan fingerprint density at radius 1 is 1.53 bits per heavy atom. The van der Waals surface area contributed by atoms with Gasteiger partial charge in [0, 0.05) is 7.05 Å². The van der Waals surface area contributed by atoms with Crippen molar-refractivity contribution in [1.29, 1.82) is 5.26 Å². The van der Waals surface area contributed by atoms with Crippen LogP contribution >= 0.6 is 11.8 Å². The SMILES string of the molecule is Cn1c(C2CCCS2)nc2ccc(C#N)cc21. The average Bonchev–Trinajstić information content (AvgIpc) is 2.97. The molecule has 1 aromatic heterocycles. The third-order valence-corrected chi connectivity index (χ3v) is 4.64. The number of aromatic nitrogens is 2. The zero-order valence-electron chi connectivity index (χ0n) is 9.68. The van der Waals surface area contributed by atoms with Crippen molar-refractivity contribution in [2.45, 2.75) is 18.1 Å². The van der Waals surface area contributed by atoms with E-state index in [4.69, 9.17) is 10.2 Å². The zero-order valence-corrected chi connectivity index (χ0v) is 10.5. The summed E-state index contributed by atoms with van der Waals surface area (Å²) in [6, 6.07) is 7.88. The fourth-order valence-electron chi connectivity index (χ4n) is 2.35. The van der Waals surface area contributed by atoms with Crippen molar-refractivity contribution in [2.75, 3.05) is 5.75 Å². The Bertz CT molecular complexity index is 603. The van der Waals surface area contributed by atoms with Crippen LogP contribution in [0.5, 0.6) is 0 Å². The second-order valence-corrected chi connectivity index (χ2v) is 5.66. The average molecular weight is 243 g/mol. The normalized spacial score (nSPS) is 19.6. The molecule has 86 valence electrons. The van der Waals surface area contributed by atoms with E-state index in [9.17, 15) is 0 Å². The highest BCUT2D eigenvalue weighted by molar-refractivity contribution is 7.99. The molecule has 4 heteroatoms. The number of aryl methyl sites for hydroxylation is 1. The highest BCUT2D eigenvalue weighted by Gasteiger charge is 2.22. The summed E-state index contributed by atoms with van der Waals surface area (Å²) in [5.74, 6) is 2.38. The van der Waals surface area contributed by atoms with Gasteiger partial charge < -0.3 is 4.57 Å². The van der Waals surface area contributed by atoms with Gasteiger partial charge in [0.15, 0.2) is 0 Å². The molecule has 1 saturated heterocycles. The molecule has 1 fully saturated rings. The van der Waals surface area contributed by atoms with Crippen LogP contribution < -0.4 is 0 Å². The summed E-state index contributed by atoms with van der Waals surface area (Å²) >= 11 is 1.99. The van der Waals surface area contributed by atoms with Gasteiger partial charge in [-0.05, 0) is 36.8 Å². The quantitative estimate of drug-likeness (QED) is 0.773. The topological polar surface area (TPSA) is 41.6 Å². The van der Waals surface area contributed by atoms with Gasteiger partial charge in [0.2, 0.25) is 0 Å². The minimum atomic E-state index is 0.526. The molecule has 0 radical (unpaired) electrons. The fourth-order valence-corrected chi connectivity index (χ4v) is 3.66. The molecule has 1 aromatic carbocycles. The van der Waals surface area contributed by atoms with E-state index in [-0.39, 0.29) is 0 Å². The van der Waals surface area contributed by atoms with Gasteiger partial charge in [-0.3, -0.25) is 0 Å². The van der Waals surface area contributed by atoms with Crippen molar-refractivity contribution in [1.82, 2.24) is 9.55 Å². The molecule has 1 aliphatic rings. The lowest BCUT2D eigenvalue weighted by Gasteiger charge is -2.07. The minimum absolute atomic E-state index is 0.526. The lowest BCUT2D eigenvalue weighted by Crippen LogP contribution is -2.00. The lowest BCUT2D eigenvalue weighted by atomic mass is 10.2. The van der Waals surface area contributed by atoms with Crippen LogP contribution in [0.3, 0.4) is 0 Å². The molecular weight excluding hydrogens is 230 g/mol. The molecule has 3 rings (SSSR count). The number of hydrogen-bond acceptors (Lipinski definition) is 3. The Morgan fingerprint density at radius 2 is 2.41 bits per heavy atom. The Balaban J connectivity index is 2.15. The molecular formula is C13H13N3S. The van der Waals surface area contributed by atoms with Crippen LogP contribution in [0.2, 0.25) is 0 Å². The van der Waals surface area contributed by atoms with Crippen molar-refractivity contribution >= 4 is 22.8 Å². The highest BCUT2D eigenvalue weighted by atomic mass is 32.2. The van der Waals surface area contributed by atoms with Gasteiger partial charge in [0.05, 0.1) is 27.9 Å². The highest BCUT2D eigenvalue weighted by Crippen LogP contribution is 2.40. The maximum atomic E-state index is 8.92. The van der Waals surface area contributed by atoms with Crippen molar-refractivity contribution < 1.29 is 0 Å². The van der Waals surface area contributed by atoms with Gasteiger partial charge in [-0.1, -0.05) is 0 Å². The first-order chi connectivity index (χ1) is 8.29. The largest absolute Gasteiger partial charge is 0.330 e. The number of fused-ring (bicyclic) bond motifs is 1. The molecule has 0 bridgehead atoms. The standard InChI is InChI=1S/C13H13N3S/c1-16-11-7-9(8-14)4-5-10(11)15-13(16)12-3-2-6-17-12/h4-5,7,12H,2-3,6H2,1H3. The zero-order chi connectivity index (χ0) is 11.8. The van der Waals surface area contributed by atoms with E-state index < -0.39 is 0 Å². The molecule has 3 nitrogen and oxygen atoms in total.